The van der Waals surface area contributed by atoms with Crippen molar-refractivity contribution in [1.29, 1.82) is 0 Å². The van der Waals surface area contributed by atoms with Crippen LogP contribution >= 0.6 is 0 Å². The monoisotopic (exact) mass is 211 g/mol. The summed E-state index contributed by atoms with van der Waals surface area (Å²) in [7, 11) is 3.23. The molecule has 0 amide bonds. The van der Waals surface area contributed by atoms with Gasteiger partial charge in [0.2, 0.25) is 0 Å². The standard InChI is InChI=1S/C12H21NO2/c1-5-9-13(10-6-2)11-7-8-12(14-3)15-4/h5-8,12H,1-2,9-11H2,3-4H3/b8-7+. The molecule has 15 heavy (non-hydrogen) atoms. The predicted molar refractivity (Wildman–Crippen MR) is 63.8 cm³/mol. The Balaban J connectivity index is 3.94. The molecule has 0 aromatic heterocycles. The zero-order chi connectivity index (χ0) is 11.5. The van der Waals surface area contributed by atoms with Gasteiger partial charge in [-0.05, 0) is 6.08 Å². The lowest BCUT2D eigenvalue weighted by Gasteiger charge is -2.16. The fraction of sp³-hybridized carbons (Fsp3) is 0.500. The second-order valence-corrected chi connectivity index (χ2v) is 3.06. The quantitative estimate of drug-likeness (QED) is 0.429. The van der Waals surface area contributed by atoms with Gasteiger partial charge in [-0.1, -0.05) is 18.2 Å². The summed E-state index contributed by atoms with van der Waals surface area (Å²) in [5.41, 5.74) is 0. The average molecular weight is 211 g/mol. The highest BCUT2D eigenvalue weighted by Crippen LogP contribution is 1.95. The number of nitrogens with zero attached hydrogens (tertiary/aromatic N) is 1. The van der Waals surface area contributed by atoms with Crippen LogP contribution in [0.4, 0.5) is 0 Å². The van der Waals surface area contributed by atoms with Crippen molar-refractivity contribution in [1.82, 2.24) is 4.90 Å². The number of rotatable bonds is 9. The lowest BCUT2D eigenvalue weighted by molar-refractivity contribution is -0.0668. The molecule has 0 aliphatic heterocycles. The maximum atomic E-state index is 5.03. The summed E-state index contributed by atoms with van der Waals surface area (Å²) in [6, 6.07) is 0. The fourth-order valence-electron chi connectivity index (χ4n) is 1.16. The summed E-state index contributed by atoms with van der Waals surface area (Å²) in [6.45, 7) is 9.95. The minimum atomic E-state index is -0.265. The highest BCUT2D eigenvalue weighted by molar-refractivity contribution is 4.90. The van der Waals surface area contributed by atoms with Crippen LogP contribution in [-0.4, -0.2) is 45.0 Å². The van der Waals surface area contributed by atoms with Gasteiger partial charge in [-0.25, -0.2) is 0 Å². The van der Waals surface area contributed by atoms with Crippen LogP contribution in [0, 0.1) is 0 Å². The maximum Gasteiger partial charge on any atom is 0.176 e. The van der Waals surface area contributed by atoms with E-state index in [2.05, 4.69) is 18.1 Å². The van der Waals surface area contributed by atoms with E-state index in [0.717, 1.165) is 19.6 Å². The van der Waals surface area contributed by atoms with Crippen LogP contribution in [0.25, 0.3) is 0 Å². The van der Waals surface area contributed by atoms with Crippen molar-refractivity contribution in [2.45, 2.75) is 6.29 Å². The molecular formula is C12H21NO2. The molecule has 0 heterocycles. The second kappa shape index (κ2) is 9.65. The normalized spacial score (nSPS) is 11.5. The first-order chi connectivity index (χ1) is 7.28. The topological polar surface area (TPSA) is 21.7 Å². The van der Waals surface area contributed by atoms with Gasteiger partial charge in [0.25, 0.3) is 0 Å². The molecule has 3 heteroatoms. The van der Waals surface area contributed by atoms with Crippen molar-refractivity contribution in [3.8, 4) is 0 Å². The van der Waals surface area contributed by atoms with Crippen molar-refractivity contribution in [3.05, 3.63) is 37.5 Å². The molecule has 86 valence electrons. The first kappa shape index (κ1) is 14.1. The van der Waals surface area contributed by atoms with Crippen molar-refractivity contribution in [2.75, 3.05) is 33.9 Å². The van der Waals surface area contributed by atoms with E-state index in [-0.39, 0.29) is 6.29 Å². The summed E-state index contributed by atoms with van der Waals surface area (Å²) in [6.07, 6.45) is 7.39. The van der Waals surface area contributed by atoms with Crippen molar-refractivity contribution in [2.24, 2.45) is 0 Å². The molecule has 0 radical (unpaired) electrons. The van der Waals surface area contributed by atoms with Gasteiger partial charge in [0, 0.05) is 33.9 Å². The molecule has 0 aromatic carbocycles. The van der Waals surface area contributed by atoms with Gasteiger partial charge in [-0.3, -0.25) is 4.90 Å². The molecule has 3 nitrogen and oxygen atoms in total. The van der Waals surface area contributed by atoms with Gasteiger partial charge in [-0.15, -0.1) is 13.2 Å². The minimum absolute atomic E-state index is 0.265. The Hall–Kier alpha value is -0.900. The number of hydrogen-bond donors (Lipinski definition) is 0. The summed E-state index contributed by atoms with van der Waals surface area (Å²) in [5, 5.41) is 0. The summed E-state index contributed by atoms with van der Waals surface area (Å²) < 4.78 is 10.1. The SMILES string of the molecule is C=CCN(CC=C)C/C=C/C(OC)OC. The Kier molecular flexibility index (Phi) is 9.07. The molecule has 0 atom stereocenters. The zero-order valence-electron chi connectivity index (χ0n) is 9.69. The molecular weight excluding hydrogens is 190 g/mol. The number of ether oxygens (including phenoxy) is 2. The van der Waals surface area contributed by atoms with E-state index in [1.807, 2.05) is 24.3 Å². The van der Waals surface area contributed by atoms with Crippen LogP contribution in [0.2, 0.25) is 0 Å². The molecule has 0 unspecified atom stereocenters. The van der Waals surface area contributed by atoms with Crippen LogP contribution in [-0.2, 0) is 9.47 Å². The number of hydrogen-bond acceptors (Lipinski definition) is 3. The van der Waals surface area contributed by atoms with Crippen molar-refractivity contribution in [3.63, 3.8) is 0 Å². The van der Waals surface area contributed by atoms with E-state index in [4.69, 9.17) is 9.47 Å². The van der Waals surface area contributed by atoms with Gasteiger partial charge >= 0.3 is 0 Å². The van der Waals surface area contributed by atoms with E-state index < -0.39 is 0 Å². The van der Waals surface area contributed by atoms with Gasteiger partial charge < -0.3 is 9.47 Å². The van der Waals surface area contributed by atoms with E-state index in [0.29, 0.717) is 0 Å². The third kappa shape index (κ3) is 7.08. The Morgan fingerprint density at radius 1 is 1.07 bits per heavy atom. The lowest BCUT2D eigenvalue weighted by Crippen LogP contribution is -2.24. The molecule has 0 aromatic rings. The molecule has 0 saturated heterocycles. The van der Waals surface area contributed by atoms with Gasteiger partial charge in [0.05, 0.1) is 0 Å². The first-order valence-corrected chi connectivity index (χ1v) is 4.94. The second-order valence-electron chi connectivity index (χ2n) is 3.06. The summed E-state index contributed by atoms with van der Waals surface area (Å²) >= 11 is 0. The van der Waals surface area contributed by atoms with Crippen LogP contribution in [0.3, 0.4) is 0 Å². The van der Waals surface area contributed by atoms with E-state index in [1.54, 1.807) is 14.2 Å². The summed E-state index contributed by atoms with van der Waals surface area (Å²) in [4.78, 5) is 2.19. The molecule has 0 saturated carbocycles. The molecule has 0 spiro atoms. The molecule has 0 aliphatic carbocycles. The van der Waals surface area contributed by atoms with Crippen LogP contribution in [0.15, 0.2) is 37.5 Å². The average Bonchev–Trinajstić information content (AvgIpc) is 2.25. The van der Waals surface area contributed by atoms with E-state index >= 15 is 0 Å². The van der Waals surface area contributed by atoms with Crippen LogP contribution in [0.5, 0.6) is 0 Å². The predicted octanol–water partition coefficient (Wildman–Crippen LogP) is 1.84. The summed E-state index contributed by atoms with van der Waals surface area (Å²) in [5.74, 6) is 0. The van der Waals surface area contributed by atoms with Crippen LogP contribution < -0.4 is 0 Å². The largest absolute Gasteiger partial charge is 0.352 e. The Labute approximate surface area is 92.7 Å². The fourth-order valence-corrected chi connectivity index (χ4v) is 1.16. The lowest BCUT2D eigenvalue weighted by atomic mass is 10.4. The molecule has 0 fully saturated rings. The van der Waals surface area contributed by atoms with E-state index in [9.17, 15) is 0 Å². The maximum absolute atomic E-state index is 5.03. The molecule has 0 aliphatic rings. The third-order valence-electron chi connectivity index (χ3n) is 1.90. The molecule has 0 bridgehead atoms. The Morgan fingerprint density at radius 2 is 1.60 bits per heavy atom. The zero-order valence-corrected chi connectivity index (χ0v) is 9.69. The molecule has 0 rings (SSSR count). The Morgan fingerprint density at radius 3 is 2.00 bits per heavy atom. The smallest absolute Gasteiger partial charge is 0.176 e. The highest BCUT2D eigenvalue weighted by atomic mass is 16.7. The van der Waals surface area contributed by atoms with Crippen molar-refractivity contribution < 1.29 is 9.47 Å². The number of methoxy groups -OCH3 is 2. The third-order valence-corrected chi connectivity index (χ3v) is 1.90. The molecule has 0 N–H and O–H groups in total. The van der Waals surface area contributed by atoms with Gasteiger partial charge in [0.15, 0.2) is 6.29 Å². The minimum Gasteiger partial charge on any atom is -0.352 e. The first-order valence-electron chi connectivity index (χ1n) is 4.94. The van der Waals surface area contributed by atoms with E-state index in [1.165, 1.54) is 0 Å². The van der Waals surface area contributed by atoms with Gasteiger partial charge in [-0.2, -0.15) is 0 Å². The highest BCUT2D eigenvalue weighted by Gasteiger charge is 1.99. The van der Waals surface area contributed by atoms with Crippen molar-refractivity contribution >= 4 is 0 Å². The van der Waals surface area contributed by atoms with Crippen LogP contribution in [0.1, 0.15) is 0 Å². The van der Waals surface area contributed by atoms with Gasteiger partial charge in [0.1, 0.15) is 0 Å². The Bertz CT molecular complexity index is 188.